The van der Waals surface area contributed by atoms with E-state index in [9.17, 15) is 19.5 Å². The molecule has 0 aliphatic heterocycles. The van der Waals surface area contributed by atoms with E-state index in [2.05, 4.69) is 23.3 Å². The van der Waals surface area contributed by atoms with Gasteiger partial charge in [0.05, 0.1) is 10.7 Å². The van der Waals surface area contributed by atoms with Crippen LogP contribution in [0.3, 0.4) is 0 Å². The monoisotopic (exact) mass is 547 g/mol. The normalized spacial score (nSPS) is 15.2. The van der Waals surface area contributed by atoms with Gasteiger partial charge < -0.3 is 25.4 Å². The van der Waals surface area contributed by atoms with Crippen molar-refractivity contribution in [1.82, 2.24) is 10.2 Å². The van der Waals surface area contributed by atoms with Crippen molar-refractivity contribution in [3.05, 3.63) is 58.6 Å². The van der Waals surface area contributed by atoms with Gasteiger partial charge in [-0.05, 0) is 64.7 Å². The van der Waals surface area contributed by atoms with Gasteiger partial charge in [-0.3, -0.25) is 9.59 Å². The second-order valence-corrected chi connectivity index (χ2v) is 10.9. The molecule has 0 radical (unpaired) electrons. The van der Waals surface area contributed by atoms with E-state index in [1.165, 1.54) is 11.0 Å². The van der Waals surface area contributed by atoms with E-state index in [0.29, 0.717) is 23.6 Å². The number of nitrogens with zero attached hydrogens (tertiary/aromatic N) is 1. The van der Waals surface area contributed by atoms with E-state index in [0.717, 1.165) is 12.0 Å². The maximum absolute atomic E-state index is 13.9. The van der Waals surface area contributed by atoms with Crippen LogP contribution in [0.15, 0.2) is 42.5 Å². The van der Waals surface area contributed by atoms with Crippen LogP contribution < -0.4 is 10.6 Å². The molecule has 0 spiro atoms. The standard InChI is InChI=1S/C27H34ClN3O5S/c1-16-9-7-13-19(28)22(16)30-24(33)23(18-12-5-6-14-21(18)32)31(17-10-8-11-17)25(34)20(15-37)29-26(35)36-27(2,3)4/h5-7,9,12-14,17,20,23,32,37H,8,10-11,15H2,1-4H3,(H,29,35)(H,30,33). The third-order valence-corrected chi connectivity index (χ3v) is 6.80. The number of thiol groups is 1. The van der Waals surface area contributed by atoms with E-state index < -0.39 is 35.6 Å². The van der Waals surface area contributed by atoms with Gasteiger partial charge in [-0.1, -0.05) is 41.9 Å². The zero-order chi connectivity index (χ0) is 27.3. The fourth-order valence-electron chi connectivity index (χ4n) is 4.12. The molecular weight excluding hydrogens is 514 g/mol. The number of alkyl carbamates (subject to hydrolysis) is 1. The van der Waals surface area contributed by atoms with Crippen LogP contribution in [0, 0.1) is 6.92 Å². The van der Waals surface area contributed by atoms with Crippen molar-refractivity contribution < 1.29 is 24.2 Å². The minimum Gasteiger partial charge on any atom is -0.508 e. The number of phenols is 1. The molecule has 0 heterocycles. The van der Waals surface area contributed by atoms with Crippen molar-refractivity contribution in [3.63, 3.8) is 0 Å². The van der Waals surface area contributed by atoms with Gasteiger partial charge in [-0.15, -0.1) is 0 Å². The average Bonchev–Trinajstić information content (AvgIpc) is 2.78. The number of rotatable bonds is 8. The highest BCUT2D eigenvalue weighted by Gasteiger charge is 2.42. The fourth-order valence-corrected chi connectivity index (χ4v) is 4.63. The third kappa shape index (κ3) is 7.11. The molecular formula is C27H34ClN3O5S. The topological polar surface area (TPSA) is 108 Å². The van der Waals surface area contributed by atoms with Crippen LogP contribution in [0.4, 0.5) is 10.5 Å². The predicted octanol–water partition coefficient (Wildman–Crippen LogP) is 5.24. The molecule has 2 atom stereocenters. The summed E-state index contributed by atoms with van der Waals surface area (Å²) in [5, 5.41) is 16.5. The molecule has 2 aromatic rings. The van der Waals surface area contributed by atoms with Crippen molar-refractivity contribution in [1.29, 1.82) is 0 Å². The van der Waals surface area contributed by atoms with Gasteiger partial charge in [0.2, 0.25) is 5.91 Å². The minimum absolute atomic E-state index is 0.0139. The maximum atomic E-state index is 13.9. The first-order valence-corrected chi connectivity index (χ1v) is 13.2. The van der Waals surface area contributed by atoms with Gasteiger partial charge in [0.25, 0.3) is 5.91 Å². The molecule has 1 aliphatic rings. The summed E-state index contributed by atoms with van der Waals surface area (Å²) in [4.78, 5) is 41.8. The third-order valence-electron chi connectivity index (χ3n) is 6.12. The Morgan fingerprint density at radius 1 is 1.16 bits per heavy atom. The number of hydrogen-bond acceptors (Lipinski definition) is 6. The van der Waals surface area contributed by atoms with Crippen LogP contribution in [0.25, 0.3) is 0 Å². The molecule has 3 amide bonds. The smallest absolute Gasteiger partial charge is 0.408 e. The summed E-state index contributed by atoms with van der Waals surface area (Å²) in [5.74, 6) is -1.17. The molecule has 10 heteroatoms. The Balaban J connectivity index is 2.02. The lowest BCUT2D eigenvalue weighted by Gasteiger charge is -2.43. The lowest BCUT2D eigenvalue weighted by molar-refractivity contribution is -0.145. The Labute approximate surface area is 228 Å². The van der Waals surface area contributed by atoms with Crippen LogP contribution in [0.5, 0.6) is 5.75 Å². The van der Waals surface area contributed by atoms with Gasteiger partial charge in [-0.25, -0.2) is 4.79 Å². The molecule has 1 saturated carbocycles. The second-order valence-electron chi connectivity index (χ2n) is 10.1. The zero-order valence-corrected chi connectivity index (χ0v) is 23.1. The van der Waals surface area contributed by atoms with Gasteiger partial charge in [-0.2, -0.15) is 12.6 Å². The number of para-hydroxylation sites is 2. The molecule has 2 aromatic carbocycles. The molecule has 37 heavy (non-hydrogen) atoms. The van der Waals surface area contributed by atoms with Gasteiger partial charge >= 0.3 is 6.09 Å². The highest BCUT2D eigenvalue weighted by molar-refractivity contribution is 7.80. The van der Waals surface area contributed by atoms with Crippen LogP contribution in [-0.4, -0.2) is 51.4 Å². The quantitative estimate of drug-likeness (QED) is 0.338. The number of anilines is 1. The Kier molecular flexibility index (Phi) is 9.36. The number of carbonyl (C=O) groups is 3. The highest BCUT2D eigenvalue weighted by atomic mass is 35.5. The van der Waals surface area contributed by atoms with E-state index in [4.69, 9.17) is 16.3 Å². The van der Waals surface area contributed by atoms with E-state index in [1.54, 1.807) is 51.1 Å². The number of hydrogen-bond donors (Lipinski definition) is 4. The van der Waals surface area contributed by atoms with Crippen LogP contribution in [0.1, 0.15) is 57.2 Å². The number of halogens is 1. The van der Waals surface area contributed by atoms with Gasteiger partial charge in [0.15, 0.2) is 0 Å². The number of ether oxygens (including phenoxy) is 1. The Morgan fingerprint density at radius 2 is 1.84 bits per heavy atom. The van der Waals surface area contributed by atoms with Crippen molar-refractivity contribution in [2.24, 2.45) is 0 Å². The fraction of sp³-hybridized carbons (Fsp3) is 0.444. The predicted molar refractivity (Wildman–Crippen MR) is 147 cm³/mol. The van der Waals surface area contributed by atoms with Crippen molar-refractivity contribution in [2.75, 3.05) is 11.1 Å². The molecule has 8 nitrogen and oxygen atoms in total. The summed E-state index contributed by atoms with van der Waals surface area (Å²) in [6.07, 6.45) is 1.49. The molecule has 1 fully saturated rings. The van der Waals surface area contributed by atoms with E-state index >= 15 is 0 Å². The lowest BCUT2D eigenvalue weighted by Crippen LogP contribution is -2.57. The number of aromatic hydroxyl groups is 1. The van der Waals surface area contributed by atoms with Gasteiger partial charge in [0.1, 0.15) is 23.4 Å². The molecule has 0 saturated heterocycles. The first-order chi connectivity index (χ1) is 17.4. The maximum Gasteiger partial charge on any atom is 0.408 e. The van der Waals surface area contributed by atoms with Crippen LogP contribution >= 0.6 is 24.2 Å². The number of phenolic OH excluding ortho intramolecular Hbond substituents is 1. The molecule has 1 aliphatic carbocycles. The summed E-state index contributed by atoms with van der Waals surface area (Å²) in [7, 11) is 0. The SMILES string of the molecule is Cc1cccc(Cl)c1NC(=O)C(c1ccccc1O)N(C(=O)C(CS)NC(=O)OC(C)(C)C)C1CCC1. The summed E-state index contributed by atoms with van der Waals surface area (Å²) >= 11 is 10.7. The Hall–Kier alpha value is -2.91. The van der Waals surface area contributed by atoms with Crippen molar-refractivity contribution in [3.8, 4) is 5.75 Å². The van der Waals surface area contributed by atoms with Crippen LogP contribution in [0.2, 0.25) is 5.02 Å². The number of aryl methyl sites for hydroxylation is 1. The summed E-state index contributed by atoms with van der Waals surface area (Å²) < 4.78 is 5.33. The molecule has 0 aromatic heterocycles. The summed E-state index contributed by atoms with van der Waals surface area (Å²) in [5.41, 5.74) is 0.680. The largest absolute Gasteiger partial charge is 0.508 e. The molecule has 2 unspecified atom stereocenters. The first kappa shape index (κ1) is 28.7. The van der Waals surface area contributed by atoms with Crippen LogP contribution in [-0.2, 0) is 14.3 Å². The second kappa shape index (κ2) is 12.1. The van der Waals surface area contributed by atoms with E-state index in [-0.39, 0.29) is 23.1 Å². The average molecular weight is 548 g/mol. The number of benzene rings is 2. The number of amides is 3. The summed E-state index contributed by atoms with van der Waals surface area (Å²) in [6, 6.07) is 9.15. The molecule has 0 bridgehead atoms. The number of nitrogens with one attached hydrogen (secondary N) is 2. The van der Waals surface area contributed by atoms with Gasteiger partial charge in [0, 0.05) is 17.4 Å². The van der Waals surface area contributed by atoms with Crippen molar-refractivity contribution in [2.45, 2.75) is 70.7 Å². The number of carbonyl (C=O) groups excluding carboxylic acids is 3. The first-order valence-electron chi connectivity index (χ1n) is 12.2. The summed E-state index contributed by atoms with van der Waals surface area (Å²) in [6.45, 7) is 6.98. The lowest BCUT2D eigenvalue weighted by atomic mass is 9.88. The Bertz CT molecular complexity index is 1130. The molecule has 200 valence electrons. The molecule has 3 rings (SSSR count). The highest BCUT2D eigenvalue weighted by Crippen LogP contribution is 2.38. The molecule has 3 N–H and O–H groups in total. The zero-order valence-electron chi connectivity index (χ0n) is 21.5. The van der Waals surface area contributed by atoms with Crippen molar-refractivity contribution >= 4 is 47.8 Å². The minimum atomic E-state index is -1.18. The van der Waals surface area contributed by atoms with E-state index in [1.807, 2.05) is 13.0 Å². The Morgan fingerprint density at radius 3 is 2.38 bits per heavy atom.